The summed E-state index contributed by atoms with van der Waals surface area (Å²) in [7, 11) is 3.29. The number of ether oxygens (including phenoxy) is 2. The number of anilines is 1. The molecule has 0 aliphatic carbocycles. The molecule has 5 nitrogen and oxygen atoms in total. The molecule has 0 unspecified atom stereocenters. The summed E-state index contributed by atoms with van der Waals surface area (Å²) >= 11 is 3.46. The van der Waals surface area contributed by atoms with Gasteiger partial charge in [0.05, 0.1) is 18.7 Å². The Balaban J connectivity index is 1.55. The summed E-state index contributed by atoms with van der Waals surface area (Å²) in [5.41, 5.74) is 2.11. The van der Waals surface area contributed by atoms with Crippen LogP contribution in [0.15, 0.2) is 53.0 Å². The highest BCUT2D eigenvalue weighted by molar-refractivity contribution is 9.10. The van der Waals surface area contributed by atoms with Crippen molar-refractivity contribution in [2.45, 2.75) is 0 Å². The van der Waals surface area contributed by atoms with E-state index in [0.717, 1.165) is 40.3 Å². The van der Waals surface area contributed by atoms with E-state index in [1.54, 1.807) is 20.3 Å². The van der Waals surface area contributed by atoms with Gasteiger partial charge in [-0.1, -0.05) is 6.07 Å². The molecule has 142 valence electrons. The molecule has 2 aromatic carbocycles. The molecular weight excluding hydrogens is 408 g/mol. The second kappa shape index (κ2) is 8.95. The van der Waals surface area contributed by atoms with E-state index in [-0.39, 0.29) is 5.91 Å². The quantitative estimate of drug-likeness (QED) is 0.675. The van der Waals surface area contributed by atoms with E-state index < -0.39 is 0 Å². The Bertz CT molecular complexity index is 813. The van der Waals surface area contributed by atoms with Crippen LogP contribution in [-0.2, 0) is 4.79 Å². The fourth-order valence-corrected chi connectivity index (χ4v) is 3.60. The average Bonchev–Trinajstić information content (AvgIpc) is 2.72. The van der Waals surface area contributed by atoms with Crippen molar-refractivity contribution < 1.29 is 14.3 Å². The van der Waals surface area contributed by atoms with Crippen LogP contribution >= 0.6 is 15.9 Å². The van der Waals surface area contributed by atoms with Crippen molar-refractivity contribution in [2.24, 2.45) is 0 Å². The van der Waals surface area contributed by atoms with Gasteiger partial charge >= 0.3 is 0 Å². The summed E-state index contributed by atoms with van der Waals surface area (Å²) in [5.74, 6) is 1.66. The molecule has 1 aliphatic rings. The number of rotatable bonds is 5. The van der Waals surface area contributed by atoms with Crippen LogP contribution in [0.2, 0.25) is 0 Å². The van der Waals surface area contributed by atoms with E-state index in [0.29, 0.717) is 13.1 Å². The first-order valence-electron chi connectivity index (χ1n) is 8.80. The Morgan fingerprint density at radius 2 is 1.70 bits per heavy atom. The summed E-state index contributed by atoms with van der Waals surface area (Å²) in [6, 6.07) is 13.8. The standard InChI is InChI=1S/C21H23BrN2O3/c1-26-18-7-5-17(6-8-18)23-11-13-24(14-12-23)21(25)10-4-16-3-9-20(27-2)19(22)15-16/h3-10,15H,11-14H2,1-2H3/b10-4-. The van der Waals surface area contributed by atoms with Crippen LogP contribution in [0, 0.1) is 0 Å². The highest BCUT2D eigenvalue weighted by atomic mass is 79.9. The number of nitrogens with zero attached hydrogens (tertiary/aromatic N) is 2. The van der Waals surface area contributed by atoms with Gasteiger partial charge in [0.1, 0.15) is 11.5 Å². The third-order valence-electron chi connectivity index (χ3n) is 4.62. The molecule has 6 heteroatoms. The van der Waals surface area contributed by atoms with Crippen molar-refractivity contribution in [3.63, 3.8) is 0 Å². The van der Waals surface area contributed by atoms with Crippen LogP contribution in [0.4, 0.5) is 5.69 Å². The van der Waals surface area contributed by atoms with Crippen LogP contribution < -0.4 is 14.4 Å². The maximum Gasteiger partial charge on any atom is 0.246 e. The molecule has 0 aromatic heterocycles. The van der Waals surface area contributed by atoms with E-state index >= 15 is 0 Å². The normalized spacial score (nSPS) is 14.5. The molecule has 1 saturated heterocycles. The lowest BCUT2D eigenvalue weighted by Gasteiger charge is -2.35. The van der Waals surface area contributed by atoms with Gasteiger partial charge in [0.25, 0.3) is 0 Å². The van der Waals surface area contributed by atoms with Gasteiger partial charge in [0.15, 0.2) is 0 Å². The predicted octanol–water partition coefficient (Wildman–Crippen LogP) is 3.83. The van der Waals surface area contributed by atoms with Gasteiger partial charge in [-0.2, -0.15) is 0 Å². The van der Waals surface area contributed by atoms with Gasteiger partial charge in [-0.3, -0.25) is 4.79 Å². The molecule has 0 N–H and O–H groups in total. The lowest BCUT2D eigenvalue weighted by molar-refractivity contribution is -0.126. The van der Waals surface area contributed by atoms with Crippen molar-refractivity contribution in [3.8, 4) is 11.5 Å². The molecule has 0 atom stereocenters. The first kappa shape index (κ1) is 19.3. The second-order valence-electron chi connectivity index (χ2n) is 6.24. The smallest absolute Gasteiger partial charge is 0.246 e. The van der Waals surface area contributed by atoms with Crippen LogP contribution in [0.3, 0.4) is 0 Å². The molecule has 1 fully saturated rings. The van der Waals surface area contributed by atoms with Crippen molar-refractivity contribution in [3.05, 3.63) is 58.6 Å². The van der Waals surface area contributed by atoms with Crippen molar-refractivity contribution in [1.29, 1.82) is 0 Å². The van der Waals surface area contributed by atoms with Crippen LogP contribution in [0.1, 0.15) is 5.56 Å². The monoisotopic (exact) mass is 430 g/mol. The van der Waals surface area contributed by atoms with E-state index in [4.69, 9.17) is 9.47 Å². The number of carbonyl (C=O) groups is 1. The third kappa shape index (κ3) is 4.83. The highest BCUT2D eigenvalue weighted by Crippen LogP contribution is 2.26. The molecule has 0 saturated carbocycles. The number of methoxy groups -OCH3 is 2. The molecule has 2 aromatic rings. The van der Waals surface area contributed by atoms with E-state index in [1.165, 1.54) is 0 Å². The lowest BCUT2D eigenvalue weighted by Crippen LogP contribution is -2.48. The highest BCUT2D eigenvalue weighted by Gasteiger charge is 2.19. The SMILES string of the molecule is COc1ccc(N2CCN(C(=O)/C=C\c3ccc(OC)c(Br)c3)CC2)cc1. The van der Waals surface area contributed by atoms with Gasteiger partial charge in [0, 0.05) is 37.9 Å². The summed E-state index contributed by atoms with van der Waals surface area (Å²) in [6.45, 7) is 3.06. The molecule has 1 heterocycles. The number of halogens is 1. The molecule has 27 heavy (non-hydrogen) atoms. The average molecular weight is 431 g/mol. The summed E-state index contributed by atoms with van der Waals surface area (Å²) in [6.07, 6.45) is 3.47. The number of carbonyl (C=O) groups excluding carboxylic acids is 1. The molecule has 1 amide bonds. The molecule has 0 bridgehead atoms. The first-order chi connectivity index (χ1) is 13.1. The number of hydrogen-bond donors (Lipinski definition) is 0. The summed E-state index contributed by atoms with van der Waals surface area (Å²) in [4.78, 5) is 16.6. The minimum absolute atomic E-state index is 0.0383. The zero-order valence-corrected chi connectivity index (χ0v) is 17.1. The number of piperazine rings is 1. The van der Waals surface area contributed by atoms with Crippen LogP contribution in [0.5, 0.6) is 11.5 Å². The van der Waals surface area contributed by atoms with Crippen molar-refractivity contribution >= 4 is 33.6 Å². The van der Waals surface area contributed by atoms with Gasteiger partial charge in [-0.05, 0) is 64.0 Å². The molecule has 3 rings (SSSR count). The van der Waals surface area contributed by atoms with Crippen molar-refractivity contribution in [2.75, 3.05) is 45.3 Å². The maximum atomic E-state index is 12.5. The molecule has 1 aliphatic heterocycles. The minimum Gasteiger partial charge on any atom is -0.497 e. The van der Waals surface area contributed by atoms with Crippen LogP contribution in [0.25, 0.3) is 6.08 Å². The Labute approximate surface area is 168 Å². The van der Waals surface area contributed by atoms with E-state index in [2.05, 4.69) is 33.0 Å². The van der Waals surface area contributed by atoms with Gasteiger partial charge in [-0.15, -0.1) is 0 Å². The fraction of sp³-hybridized carbons (Fsp3) is 0.286. The zero-order valence-electron chi connectivity index (χ0n) is 15.5. The van der Waals surface area contributed by atoms with Gasteiger partial charge < -0.3 is 19.3 Å². The third-order valence-corrected chi connectivity index (χ3v) is 5.24. The summed E-state index contributed by atoms with van der Waals surface area (Å²) in [5, 5.41) is 0. The Hall–Kier alpha value is -2.47. The minimum atomic E-state index is 0.0383. The summed E-state index contributed by atoms with van der Waals surface area (Å²) < 4.78 is 11.3. The van der Waals surface area contributed by atoms with E-state index in [9.17, 15) is 4.79 Å². The van der Waals surface area contributed by atoms with Crippen molar-refractivity contribution in [1.82, 2.24) is 4.90 Å². The lowest BCUT2D eigenvalue weighted by atomic mass is 10.2. The second-order valence-corrected chi connectivity index (χ2v) is 7.09. The Morgan fingerprint density at radius 3 is 2.30 bits per heavy atom. The molecule has 0 radical (unpaired) electrons. The zero-order chi connectivity index (χ0) is 19.2. The Morgan fingerprint density at radius 1 is 1.00 bits per heavy atom. The number of hydrogen-bond acceptors (Lipinski definition) is 4. The van der Waals surface area contributed by atoms with Gasteiger partial charge in [-0.25, -0.2) is 0 Å². The maximum absolute atomic E-state index is 12.5. The molecular formula is C21H23BrN2O3. The topological polar surface area (TPSA) is 42.0 Å². The van der Waals surface area contributed by atoms with E-state index in [1.807, 2.05) is 41.3 Å². The largest absolute Gasteiger partial charge is 0.497 e. The first-order valence-corrected chi connectivity index (χ1v) is 9.59. The Kier molecular flexibility index (Phi) is 6.40. The van der Waals surface area contributed by atoms with Gasteiger partial charge in [0.2, 0.25) is 5.91 Å². The van der Waals surface area contributed by atoms with Crippen LogP contribution in [-0.4, -0.2) is 51.2 Å². The predicted molar refractivity (Wildman–Crippen MR) is 112 cm³/mol. The number of benzene rings is 2. The molecule has 0 spiro atoms. The fourth-order valence-electron chi connectivity index (χ4n) is 3.04. The number of amides is 1.